The molecule has 0 radical (unpaired) electrons. The van der Waals surface area contributed by atoms with Gasteiger partial charge >= 0.3 is 5.97 Å². The van der Waals surface area contributed by atoms with Crippen LogP contribution in [-0.2, 0) is 14.3 Å². The number of ether oxygens (including phenoxy) is 2. The minimum Gasteiger partial charge on any atom is -0.450 e. The third-order valence-corrected chi connectivity index (χ3v) is 1.10. The SMILES string of the molecule is COCC(N)C#CC(=O)OC(C)(C)C. The van der Waals surface area contributed by atoms with Gasteiger partial charge in [0.15, 0.2) is 0 Å². The van der Waals surface area contributed by atoms with E-state index in [9.17, 15) is 4.79 Å². The van der Waals surface area contributed by atoms with Crippen molar-refractivity contribution in [3.63, 3.8) is 0 Å². The molecule has 4 heteroatoms. The van der Waals surface area contributed by atoms with Crippen LogP contribution in [0.15, 0.2) is 0 Å². The lowest BCUT2D eigenvalue weighted by Crippen LogP contribution is -2.25. The highest BCUT2D eigenvalue weighted by Gasteiger charge is 2.14. The van der Waals surface area contributed by atoms with Crippen LogP contribution in [0.1, 0.15) is 20.8 Å². The maximum atomic E-state index is 11.1. The monoisotopic (exact) mass is 199 g/mol. The van der Waals surface area contributed by atoms with Crippen LogP contribution in [-0.4, -0.2) is 31.3 Å². The predicted molar refractivity (Wildman–Crippen MR) is 53.5 cm³/mol. The molecular weight excluding hydrogens is 182 g/mol. The fourth-order valence-electron chi connectivity index (χ4n) is 0.676. The quantitative estimate of drug-likeness (QED) is 0.395. The van der Waals surface area contributed by atoms with E-state index in [4.69, 9.17) is 15.2 Å². The first-order chi connectivity index (χ1) is 6.35. The van der Waals surface area contributed by atoms with E-state index in [1.54, 1.807) is 20.8 Å². The van der Waals surface area contributed by atoms with Gasteiger partial charge in [0, 0.05) is 13.0 Å². The molecule has 4 nitrogen and oxygen atoms in total. The van der Waals surface area contributed by atoms with Gasteiger partial charge in [-0.25, -0.2) is 4.79 Å². The van der Waals surface area contributed by atoms with Crippen LogP contribution in [0, 0.1) is 11.8 Å². The van der Waals surface area contributed by atoms with Gasteiger partial charge in [-0.1, -0.05) is 5.92 Å². The molecule has 0 aromatic rings. The number of carbonyl (C=O) groups is 1. The lowest BCUT2D eigenvalue weighted by atomic mass is 10.2. The highest BCUT2D eigenvalue weighted by atomic mass is 16.6. The van der Waals surface area contributed by atoms with Crippen molar-refractivity contribution in [3.05, 3.63) is 0 Å². The lowest BCUT2D eigenvalue weighted by molar-refractivity contribution is -0.147. The summed E-state index contributed by atoms with van der Waals surface area (Å²) >= 11 is 0. The van der Waals surface area contributed by atoms with E-state index in [1.807, 2.05) is 0 Å². The van der Waals surface area contributed by atoms with Crippen LogP contribution in [0.25, 0.3) is 0 Å². The normalized spacial score (nSPS) is 12.6. The Morgan fingerprint density at radius 3 is 2.50 bits per heavy atom. The van der Waals surface area contributed by atoms with Crippen LogP contribution in [0.5, 0.6) is 0 Å². The van der Waals surface area contributed by atoms with E-state index >= 15 is 0 Å². The predicted octanol–water partition coefficient (Wildman–Crippen LogP) is 0.305. The summed E-state index contributed by atoms with van der Waals surface area (Å²) in [4.78, 5) is 11.1. The summed E-state index contributed by atoms with van der Waals surface area (Å²) in [6, 6.07) is -0.451. The van der Waals surface area contributed by atoms with Gasteiger partial charge in [0.1, 0.15) is 5.60 Å². The molecule has 0 aliphatic carbocycles. The first-order valence-corrected chi connectivity index (χ1v) is 4.34. The molecule has 80 valence electrons. The average molecular weight is 199 g/mol. The van der Waals surface area contributed by atoms with Crippen LogP contribution >= 0.6 is 0 Å². The third kappa shape index (κ3) is 7.59. The molecule has 0 aliphatic rings. The Morgan fingerprint density at radius 2 is 2.07 bits per heavy atom. The number of rotatable bonds is 2. The Balaban J connectivity index is 4.04. The highest BCUT2D eigenvalue weighted by Crippen LogP contribution is 2.05. The van der Waals surface area contributed by atoms with Gasteiger partial charge in [0.05, 0.1) is 12.6 Å². The zero-order valence-corrected chi connectivity index (χ0v) is 9.09. The maximum absolute atomic E-state index is 11.1. The molecule has 2 N–H and O–H groups in total. The molecule has 0 heterocycles. The molecule has 1 atom stereocenters. The Hall–Kier alpha value is -1.05. The fraction of sp³-hybridized carbons (Fsp3) is 0.700. The van der Waals surface area contributed by atoms with Crippen molar-refractivity contribution in [3.8, 4) is 11.8 Å². The van der Waals surface area contributed by atoms with Gasteiger partial charge in [-0.15, -0.1) is 0 Å². The summed E-state index contributed by atoms with van der Waals surface area (Å²) in [6.07, 6.45) is 0. The second-order valence-electron chi connectivity index (χ2n) is 3.83. The number of esters is 1. The molecule has 0 aromatic heterocycles. The smallest absolute Gasteiger partial charge is 0.384 e. The van der Waals surface area contributed by atoms with Crippen molar-refractivity contribution < 1.29 is 14.3 Å². The molecule has 0 spiro atoms. The van der Waals surface area contributed by atoms with Crippen LogP contribution < -0.4 is 5.73 Å². The van der Waals surface area contributed by atoms with E-state index < -0.39 is 17.6 Å². The van der Waals surface area contributed by atoms with Crippen molar-refractivity contribution >= 4 is 5.97 Å². The summed E-state index contributed by atoms with van der Waals surface area (Å²) in [7, 11) is 1.52. The first kappa shape index (κ1) is 12.9. The van der Waals surface area contributed by atoms with Crippen LogP contribution in [0.2, 0.25) is 0 Å². The molecule has 0 bridgehead atoms. The standard InChI is InChI=1S/C10H17NO3/c1-10(2,3)14-9(12)6-5-8(11)7-13-4/h8H,7,11H2,1-4H3. The van der Waals surface area contributed by atoms with E-state index in [-0.39, 0.29) is 0 Å². The summed E-state index contributed by atoms with van der Waals surface area (Å²) in [6.45, 7) is 5.64. The topological polar surface area (TPSA) is 61.5 Å². The van der Waals surface area contributed by atoms with E-state index in [0.29, 0.717) is 6.61 Å². The largest absolute Gasteiger partial charge is 0.450 e. The first-order valence-electron chi connectivity index (χ1n) is 4.34. The molecular formula is C10H17NO3. The summed E-state index contributed by atoms with van der Waals surface area (Å²) < 4.78 is 9.71. The Morgan fingerprint density at radius 1 is 1.50 bits per heavy atom. The zero-order valence-electron chi connectivity index (χ0n) is 9.09. The second-order valence-corrected chi connectivity index (χ2v) is 3.83. The van der Waals surface area contributed by atoms with Gasteiger partial charge in [-0.2, -0.15) is 0 Å². The van der Waals surface area contributed by atoms with Crippen molar-refractivity contribution in [2.45, 2.75) is 32.4 Å². The van der Waals surface area contributed by atoms with E-state index in [0.717, 1.165) is 0 Å². The Kier molecular flexibility index (Phi) is 5.21. The number of hydrogen-bond acceptors (Lipinski definition) is 4. The van der Waals surface area contributed by atoms with Gasteiger partial charge < -0.3 is 15.2 Å². The van der Waals surface area contributed by atoms with Crippen molar-refractivity contribution in [2.75, 3.05) is 13.7 Å². The molecule has 1 unspecified atom stereocenters. The summed E-state index contributed by atoms with van der Waals surface area (Å²) in [5.41, 5.74) is 4.97. The molecule has 0 aromatic carbocycles. The van der Waals surface area contributed by atoms with Crippen LogP contribution in [0.4, 0.5) is 0 Å². The van der Waals surface area contributed by atoms with Crippen molar-refractivity contribution in [1.29, 1.82) is 0 Å². The average Bonchev–Trinajstić information content (AvgIpc) is 1.98. The van der Waals surface area contributed by atoms with Crippen molar-refractivity contribution in [1.82, 2.24) is 0 Å². The number of methoxy groups -OCH3 is 1. The molecule has 0 saturated heterocycles. The summed E-state index contributed by atoms with van der Waals surface area (Å²) in [5, 5.41) is 0. The van der Waals surface area contributed by atoms with E-state index in [2.05, 4.69) is 11.8 Å². The second kappa shape index (κ2) is 5.63. The molecule has 0 fully saturated rings. The maximum Gasteiger partial charge on any atom is 0.384 e. The molecule has 0 rings (SSSR count). The number of hydrogen-bond donors (Lipinski definition) is 1. The van der Waals surface area contributed by atoms with Gasteiger partial charge in [-0.05, 0) is 20.8 Å². The summed E-state index contributed by atoms with van der Waals surface area (Å²) in [5.74, 6) is 4.28. The van der Waals surface area contributed by atoms with Crippen LogP contribution in [0.3, 0.4) is 0 Å². The number of carbonyl (C=O) groups excluding carboxylic acids is 1. The highest BCUT2D eigenvalue weighted by molar-refractivity contribution is 5.88. The van der Waals surface area contributed by atoms with Gasteiger partial charge in [-0.3, -0.25) is 0 Å². The van der Waals surface area contributed by atoms with Crippen molar-refractivity contribution in [2.24, 2.45) is 5.73 Å². The van der Waals surface area contributed by atoms with E-state index in [1.165, 1.54) is 7.11 Å². The molecule has 0 amide bonds. The van der Waals surface area contributed by atoms with Gasteiger partial charge in [0.25, 0.3) is 0 Å². The fourth-order valence-corrected chi connectivity index (χ4v) is 0.676. The molecule has 0 aliphatic heterocycles. The number of nitrogens with two attached hydrogens (primary N) is 1. The minimum atomic E-state index is -0.566. The van der Waals surface area contributed by atoms with Gasteiger partial charge in [0.2, 0.25) is 0 Å². The Bertz CT molecular complexity index is 244. The molecule has 14 heavy (non-hydrogen) atoms. The zero-order chi connectivity index (χ0) is 11.2. The molecule has 0 saturated carbocycles. The lowest BCUT2D eigenvalue weighted by Gasteiger charge is -2.16. The minimum absolute atomic E-state index is 0.301. The Labute approximate surface area is 84.8 Å². The third-order valence-electron chi connectivity index (χ3n) is 1.10.